The molecule has 3 nitrogen and oxygen atoms in total. The van der Waals surface area contributed by atoms with E-state index >= 15 is 0 Å². The van der Waals surface area contributed by atoms with Crippen LogP contribution in [-0.4, -0.2) is 9.97 Å². The number of nitrogens with one attached hydrogen (secondary N) is 1. The average Bonchev–Trinajstić information content (AvgIpc) is 2.41. The standard InChI is InChI=1S/C15H23IN2O/c1-4-10-5-7-11(8-6-10)14-17-13(9(2)3)12(16)15(19)18-14/h9-11H,4-8H2,1-3H3,(H,17,18,19). The topological polar surface area (TPSA) is 45.8 Å². The van der Waals surface area contributed by atoms with E-state index in [1.165, 1.54) is 32.1 Å². The fraction of sp³-hybridized carbons (Fsp3) is 0.733. The quantitative estimate of drug-likeness (QED) is 0.807. The monoisotopic (exact) mass is 374 g/mol. The third kappa shape index (κ3) is 3.38. The molecule has 0 aliphatic heterocycles. The van der Waals surface area contributed by atoms with E-state index in [-0.39, 0.29) is 5.56 Å². The van der Waals surface area contributed by atoms with Gasteiger partial charge in [0.05, 0.1) is 9.26 Å². The lowest BCUT2D eigenvalue weighted by Gasteiger charge is -2.27. The lowest BCUT2D eigenvalue weighted by atomic mass is 9.80. The van der Waals surface area contributed by atoms with Gasteiger partial charge in [0.2, 0.25) is 0 Å². The van der Waals surface area contributed by atoms with Gasteiger partial charge in [0.1, 0.15) is 5.82 Å². The Morgan fingerprint density at radius 3 is 2.47 bits per heavy atom. The number of H-pyrrole nitrogens is 1. The van der Waals surface area contributed by atoms with Crippen molar-refractivity contribution in [1.82, 2.24) is 9.97 Å². The van der Waals surface area contributed by atoms with Gasteiger partial charge in [0.25, 0.3) is 5.56 Å². The van der Waals surface area contributed by atoms with Gasteiger partial charge >= 0.3 is 0 Å². The predicted molar refractivity (Wildman–Crippen MR) is 86.7 cm³/mol. The van der Waals surface area contributed by atoms with Gasteiger partial charge in [-0.2, -0.15) is 0 Å². The highest BCUT2D eigenvalue weighted by atomic mass is 127. The average molecular weight is 374 g/mol. The van der Waals surface area contributed by atoms with Crippen LogP contribution in [0, 0.1) is 9.49 Å². The maximum atomic E-state index is 12.0. The maximum absolute atomic E-state index is 12.0. The lowest BCUT2D eigenvalue weighted by molar-refractivity contribution is 0.311. The van der Waals surface area contributed by atoms with Crippen molar-refractivity contribution in [3.63, 3.8) is 0 Å². The molecule has 1 saturated carbocycles. The molecule has 1 aromatic heterocycles. The molecule has 0 saturated heterocycles. The first-order valence-electron chi connectivity index (χ1n) is 7.32. The molecule has 1 aliphatic rings. The number of hydrogen-bond donors (Lipinski definition) is 1. The first-order chi connectivity index (χ1) is 9.02. The van der Waals surface area contributed by atoms with Crippen LogP contribution in [0.5, 0.6) is 0 Å². The summed E-state index contributed by atoms with van der Waals surface area (Å²) in [5.74, 6) is 2.55. The molecule has 0 bridgehead atoms. The van der Waals surface area contributed by atoms with Crippen LogP contribution < -0.4 is 5.56 Å². The normalized spacial score (nSPS) is 23.8. The largest absolute Gasteiger partial charge is 0.309 e. The van der Waals surface area contributed by atoms with E-state index < -0.39 is 0 Å². The van der Waals surface area contributed by atoms with Crippen molar-refractivity contribution >= 4 is 22.6 Å². The minimum atomic E-state index is 0.0342. The van der Waals surface area contributed by atoms with Gasteiger partial charge in [0.15, 0.2) is 0 Å². The molecule has 2 rings (SSSR count). The molecule has 0 radical (unpaired) electrons. The number of aromatic nitrogens is 2. The molecule has 19 heavy (non-hydrogen) atoms. The molecule has 1 fully saturated rings. The summed E-state index contributed by atoms with van der Waals surface area (Å²) in [5, 5.41) is 0. The van der Waals surface area contributed by atoms with Crippen molar-refractivity contribution in [3.05, 3.63) is 25.4 Å². The third-order valence-corrected chi connectivity index (χ3v) is 5.31. The van der Waals surface area contributed by atoms with Crippen LogP contribution in [0.25, 0.3) is 0 Å². The fourth-order valence-electron chi connectivity index (χ4n) is 2.91. The molecule has 0 spiro atoms. The van der Waals surface area contributed by atoms with Crippen molar-refractivity contribution in [2.24, 2.45) is 5.92 Å². The van der Waals surface area contributed by atoms with Crippen LogP contribution >= 0.6 is 22.6 Å². The molecular weight excluding hydrogens is 351 g/mol. The Kier molecular flexibility index (Phi) is 5.03. The highest BCUT2D eigenvalue weighted by Gasteiger charge is 2.24. The van der Waals surface area contributed by atoms with Crippen molar-refractivity contribution in [1.29, 1.82) is 0 Å². The van der Waals surface area contributed by atoms with Crippen molar-refractivity contribution in [2.75, 3.05) is 0 Å². The van der Waals surface area contributed by atoms with Crippen LogP contribution in [0.4, 0.5) is 0 Å². The fourth-order valence-corrected chi connectivity index (χ4v) is 3.79. The maximum Gasteiger partial charge on any atom is 0.264 e. The van der Waals surface area contributed by atoms with E-state index in [1.54, 1.807) is 0 Å². The van der Waals surface area contributed by atoms with Crippen molar-refractivity contribution in [3.8, 4) is 0 Å². The number of aromatic amines is 1. The summed E-state index contributed by atoms with van der Waals surface area (Å²) in [6.07, 6.45) is 6.15. The van der Waals surface area contributed by atoms with Crippen LogP contribution in [0.2, 0.25) is 0 Å². The Labute approximate surface area is 128 Å². The Bertz CT molecular complexity index is 487. The number of hydrogen-bond acceptors (Lipinski definition) is 2. The summed E-state index contributed by atoms with van der Waals surface area (Å²) >= 11 is 2.11. The van der Waals surface area contributed by atoms with E-state index in [4.69, 9.17) is 4.98 Å². The second-order valence-corrected chi connectivity index (χ2v) is 7.01. The van der Waals surface area contributed by atoms with Gasteiger partial charge in [-0.1, -0.05) is 27.2 Å². The van der Waals surface area contributed by atoms with E-state index in [0.717, 1.165) is 21.0 Å². The molecule has 1 aliphatic carbocycles. The molecule has 0 atom stereocenters. The second kappa shape index (κ2) is 6.37. The first kappa shape index (κ1) is 15.0. The van der Waals surface area contributed by atoms with Crippen molar-refractivity contribution in [2.45, 2.75) is 64.7 Å². The Balaban J connectivity index is 2.24. The third-order valence-electron chi connectivity index (χ3n) is 4.26. The highest BCUT2D eigenvalue weighted by molar-refractivity contribution is 14.1. The Morgan fingerprint density at radius 1 is 1.32 bits per heavy atom. The molecule has 106 valence electrons. The molecule has 1 N–H and O–H groups in total. The molecular formula is C15H23IN2O. The number of nitrogens with zero attached hydrogens (tertiary/aromatic N) is 1. The zero-order valence-corrected chi connectivity index (χ0v) is 14.2. The predicted octanol–water partition coefficient (Wildman–Crippen LogP) is 4.18. The van der Waals surface area contributed by atoms with Gasteiger partial charge in [0, 0.05) is 5.92 Å². The lowest BCUT2D eigenvalue weighted by Crippen LogP contribution is -2.23. The van der Waals surface area contributed by atoms with E-state index in [0.29, 0.717) is 11.8 Å². The van der Waals surface area contributed by atoms with E-state index in [1.807, 2.05) is 0 Å². The first-order valence-corrected chi connectivity index (χ1v) is 8.40. The minimum Gasteiger partial charge on any atom is -0.309 e. The summed E-state index contributed by atoms with van der Waals surface area (Å²) in [6.45, 7) is 6.47. The summed E-state index contributed by atoms with van der Waals surface area (Å²) in [6, 6.07) is 0. The van der Waals surface area contributed by atoms with Crippen molar-refractivity contribution < 1.29 is 0 Å². The van der Waals surface area contributed by atoms with Gasteiger partial charge in [-0.25, -0.2) is 4.98 Å². The van der Waals surface area contributed by atoms with Gasteiger partial charge in [-0.05, 0) is 60.1 Å². The number of rotatable bonds is 3. The smallest absolute Gasteiger partial charge is 0.264 e. The molecule has 0 unspecified atom stereocenters. The molecule has 1 heterocycles. The van der Waals surface area contributed by atoms with Gasteiger partial charge in [-0.3, -0.25) is 4.79 Å². The second-order valence-electron chi connectivity index (χ2n) is 5.93. The highest BCUT2D eigenvalue weighted by Crippen LogP contribution is 2.35. The van der Waals surface area contributed by atoms with Gasteiger partial charge < -0.3 is 4.98 Å². The Morgan fingerprint density at radius 2 is 1.95 bits per heavy atom. The summed E-state index contributed by atoms with van der Waals surface area (Å²) in [4.78, 5) is 19.8. The molecule has 0 amide bonds. The Hall–Kier alpha value is -0.390. The SMILES string of the molecule is CCC1CCC(c2nc(C(C)C)c(I)c(=O)[nH]2)CC1. The number of halogens is 1. The molecule has 0 aromatic carbocycles. The zero-order chi connectivity index (χ0) is 14.0. The molecule has 4 heteroatoms. The minimum absolute atomic E-state index is 0.0342. The summed E-state index contributed by atoms with van der Waals surface area (Å²) in [5.41, 5.74) is 0.990. The summed E-state index contributed by atoms with van der Waals surface area (Å²) in [7, 11) is 0. The van der Waals surface area contributed by atoms with Crippen LogP contribution in [0.1, 0.15) is 76.2 Å². The van der Waals surface area contributed by atoms with Gasteiger partial charge in [-0.15, -0.1) is 0 Å². The van der Waals surface area contributed by atoms with Crippen LogP contribution in [-0.2, 0) is 0 Å². The van der Waals surface area contributed by atoms with Crippen LogP contribution in [0.3, 0.4) is 0 Å². The van der Waals surface area contributed by atoms with E-state index in [2.05, 4.69) is 48.3 Å². The molecule has 1 aromatic rings. The van der Waals surface area contributed by atoms with E-state index in [9.17, 15) is 4.79 Å². The zero-order valence-electron chi connectivity index (χ0n) is 12.0. The summed E-state index contributed by atoms with van der Waals surface area (Å²) < 4.78 is 0.749. The van der Waals surface area contributed by atoms with Crippen LogP contribution in [0.15, 0.2) is 4.79 Å².